The van der Waals surface area contributed by atoms with Crippen LogP contribution in [0.15, 0.2) is 267 Å². The Morgan fingerprint density at radius 2 is 0.500 bits per heavy atom. The fourth-order valence-corrected chi connectivity index (χ4v) is 13.4. The van der Waals surface area contributed by atoms with Gasteiger partial charge in [0.1, 0.15) is 0 Å². The van der Waals surface area contributed by atoms with E-state index in [1.807, 2.05) is 0 Å². The van der Waals surface area contributed by atoms with Crippen LogP contribution in [0.25, 0.3) is 87.6 Å². The molecule has 2 heteroatoms. The summed E-state index contributed by atoms with van der Waals surface area (Å²) in [7, 11) is 0. The molecule has 0 saturated heterocycles. The number of benzene rings is 13. The maximum absolute atomic E-state index is 2.40. The molecule has 0 aromatic heterocycles. The predicted molar refractivity (Wildman–Crippen MR) is 332 cm³/mol. The largest absolute Gasteiger partial charge is 0.311 e. The van der Waals surface area contributed by atoms with Crippen LogP contribution in [-0.2, 0) is 10.8 Å². The molecule has 0 unspecified atom stereocenters. The summed E-state index contributed by atoms with van der Waals surface area (Å²) in [5, 5.41) is 10.9. The highest BCUT2D eigenvalue weighted by atomic mass is 15.1. The van der Waals surface area contributed by atoms with Gasteiger partial charge in [-0.05, 0) is 195 Å². The molecule has 78 heavy (non-hydrogen) atoms. The lowest BCUT2D eigenvalue weighted by molar-refractivity contribution is 0.662. The first-order chi connectivity index (χ1) is 38.2. The third kappa shape index (κ3) is 7.10. The van der Waals surface area contributed by atoms with Crippen molar-refractivity contribution >= 4 is 77.2 Å². The van der Waals surface area contributed by atoms with Crippen LogP contribution in [0, 0.1) is 0 Å². The molecule has 15 rings (SSSR count). The third-order valence-corrected chi connectivity index (χ3v) is 17.4. The molecule has 0 bridgehead atoms. The van der Waals surface area contributed by atoms with Gasteiger partial charge in [-0.15, -0.1) is 0 Å². The van der Waals surface area contributed by atoms with Gasteiger partial charge in [-0.3, -0.25) is 0 Å². The van der Waals surface area contributed by atoms with E-state index in [1.165, 1.54) is 110 Å². The van der Waals surface area contributed by atoms with Crippen molar-refractivity contribution in [3.63, 3.8) is 0 Å². The highest BCUT2D eigenvalue weighted by Crippen LogP contribution is 2.53. The zero-order valence-corrected chi connectivity index (χ0v) is 44.3. The molecule has 13 aromatic rings. The van der Waals surface area contributed by atoms with E-state index in [0.717, 1.165) is 34.1 Å². The van der Waals surface area contributed by atoms with E-state index < -0.39 is 0 Å². The number of rotatable bonds is 10. The molecule has 2 nitrogen and oxygen atoms in total. The first kappa shape index (κ1) is 45.9. The van der Waals surface area contributed by atoms with Crippen LogP contribution in [0.1, 0.15) is 49.9 Å². The SMILES string of the molecule is CC1(C)c2cccc3cc(-c4ccc(N(c5ccccc5)c5ccc(-c6ccc(-c7ccc(N(c8ccccc8)c8ccc(-c9cc%10cccc%11c%10c%10c(cccc9%10)C%11(C)C)cc8)cc7)cc6)cc5)cc4)c4cccc1c4c23. The van der Waals surface area contributed by atoms with E-state index >= 15 is 0 Å². The standard InChI is InChI=1S/C76H56N2/c1-75(2)67-23-11-15-55-47-65(63-21-13-25-69(75)73(63)71(55)67)53-35-43-61(44-36-53)77(57-17-7-5-8-18-57)59-39-31-51(32-40-59)49-27-29-50(30-28-49)52-33-41-60(42-34-52)78(58-19-9-6-10-20-58)62-45-37-54(38-46-62)66-48-56-16-12-24-68-72(56)74-64(66)22-14-26-70(74)76(68,3)4/h5-48H,1-4H3. The first-order valence-corrected chi connectivity index (χ1v) is 27.4. The van der Waals surface area contributed by atoms with Crippen molar-refractivity contribution in [3.8, 4) is 44.5 Å². The molecular formula is C76H56N2. The van der Waals surface area contributed by atoms with Gasteiger partial charge in [0.05, 0.1) is 0 Å². The van der Waals surface area contributed by atoms with Crippen LogP contribution in [0.2, 0.25) is 0 Å². The molecule has 2 aliphatic carbocycles. The second kappa shape index (κ2) is 17.5. The minimum atomic E-state index is -0.0219. The summed E-state index contributed by atoms with van der Waals surface area (Å²) in [5.41, 5.74) is 22.0. The second-order valence-electron chi connectivity index (χ2n) is 22.5. The summed E-state index contributed by atoms with van der Waals surface area (Å²) in [6.45, 7) is 9.45. The summed E-state index contributed by atoms with van der Waals surface area (Å²) in [5.74, 6) is 0. The minimum absolute atomic E-state index is 0.0219. The van der Waals surface area contributed by atoms with Crippen LogP contribution < -0.4 is 9.80 Å². The number of hydrogen-bond acceptors (Lipinski definition) is 2. The highest BCUT2D eigenvalue weighted by molar-refractivity contribution is 6.21. The molecule has 0 atom stereocenters. The Kier molecular flexibility index (Phi) is 10.3. The average Bonchev–Trinajstić information content (AvgIpc) is 4.13. The summed E-state index contributed by atoms with van der Waals surface area (Å²) in [6.07, 6.45) is 0. The quantitative estimate of drug-likeness (QED) is 0.126. The van der Waals surface area contributed by atoms with E-state index in [9.17, 15) is 0 Å². The van der Waals surface area contributed by atoms with Crippen molar-refractivity contribution in [2.45, 2.75) is 38.5 Å². The number of para-hydroxylation sites is 2. The van der Waals surface area contributed by atoms with E-state index in [2.05, 4.69) is 304 Å². The van der Waals surface area contributed by atoms with Gasteiger partial charge < -0.3 is 9.80 Å². The zero-order valence-electron chi connectivity index (χ0n) is 44.3. The maximum Gasteiger partial charge on any atom is 0.0462 e. The van der Waals surface area contributed by atoms with E-state index in [4.69, 9.17) is 0 Å². The monoisotopic (exact) mass is 996 g/mol. The molecule has 2 aliphatic rings. The fraction of sp³-hybridized carbons (Fsp3) is 0.0789. The molecule has 0 fully saturated rings. The summed E-state index contributed by atoms with van der Waals surface area (Å²) in [4.78, 5) is 4.70. The molecule has 0 saturated carbocycles. The minimum Gasteiger partial charge on any atom is -0.311 e. The molecule has 0 N–H and O–H groups in total. The maximum atomic E-state index is 2.40. The molecule has 0 aliphatic heterocycles. The summed E-state index contributed by atoms with van der Waals surface area (Å²) in [6, 6.07) is 98.8. The number of anilines is 6. The highest BCUT2D eigenvalue weighted by Gasteiger charge is 2.36. The van der Waals surface area contributed by atoms with Crippen molar-refractivity contribution in [2.24, 2.45) is 0 Å². The smallest absolute Gasteiger partial charge is 0.0462 e. The Balaban J connectivity index is 0.693. The van der Waals surface area contributed by atoms with Crippen LogP contribution in [0.3, 0.4) is 0 Å². The van der Waals surface area contributed by atoms with Gasteiger partial charge in [-0.1, -0.05) is 210 Å². The Morgan fingerprint density at radius 3 is 0.833 bits per heavy atom. The zero-order chi connectivity index (χ0) is 52.3. The van der Waals surface area contributed by atoms with Gasteiger partial charge in [0, 0.05) is 45.0 Å². The average molecular weight is 997 g/mol. The van der Waals surface area contributed by atoms with Gasteiger partial charge in [-0.25, -0.2) is 0 Å². The molecule has 13 aromatic carbocycles. The van der Waals surface area contributed by atoms with Crippen molar-refractivity contribution in [3.05, 3.63) is 289 Å². The van der Waals surface area contributed by atoms with Crippen LogP contribution in [0.5, 0.6) is 0 Å². The molecular weight excluding hydrogens is 941 g/mol. The topological polar surface area (TPSA) is 6.48 Å². The fourth-order valence-electron chi connectivity index (χ4n) is 13.4. The van der Waals surface area contributed by atoms with Crippen LogP contribution in [-0.4, -0.2) is 0 Å². The normalized spacial score (nSPS) is 13.6. The molecule has 370 valence electrons. The summed E-state index contributed by atoms with van der Waals surface area (Å²) >= 11 is 0. The molecule has 0 radical (unpaired) electrons. The van der Waals surface area contributed by atoms with Gasteiger partial charge >= 0.3 is 0 Å². The Bertz CT molecular complexity index is 4190. The molecule has 0 amide bonds. The van der Waals surface area contributed by atoms with E-state index in [0.29, 0.717) is 0 Å². The Hall–Kier alpha value is -9.50. The predicted octanol–water partition coefficient (Wildman–Crippen LogP) is 21.2. The van der Waals surface area contributed by atoms with Gasteiger partial charge in [-0.2, -0.15) is 0 Å². The lowest BCUT2D eigenvalue weighted by Crippen LogP contribution is -2.14. The molecule has 0 heterocycles. The van der Waals surface area contributed by atoms with Crippen molar-refractivity contribution in [1.82, 2.24) is 0 Å². The van der Waals surface area contributed by atoms with Gasteiger partial charge in [0.2, 0.25) is 0 Å². The second-order valence-corrected chi connectivity index (χ2v) is 22.5. The van der Waals surface area contributed by atoms with E-state index in [-0.39, 0.29) is 10.8 Å². The van der Waals surface area contributed by atoms with Crippen LogP contribution in [0.4, 0.5) is 34.1 Å². The van der Waals surface area contributed by atoms with Crippen molar-refractivity contribution in [2.75, 3.05) is 9.80 Å². The van der Waals surface area contributed by atoms with Crippen LogP contribution >= 0.6 is 0 Å². The summed E-state index contributed by atoms with van der Waals surface area (Å²) < 4.78 is 0. The van der Waals surface area contributed by atoms with E-state index in [1.54, 1.807) is 0 Å². The lowest BCUT2D eigenvalue weighted by Gasteiger charge is -2.26. The number of hydrogen-bond donors (Lipinski definition) is 0. The number of nitrogens with zero attached hydrogens (tertiary/aromatic N) is 2. The van der Waals surface area contributed by atoms with Gasteiger partial charge in [0.25, 0.3) is 0 Å². The van der Waals surface area contributed by atoms with Crippen molar-refractivity contribution < 1.29 is 0 Å². The molecule has 0 spiro atoms. The third-order valence-electron chi connectivity index (χ3n) is 17.4. The first-order valence-electron chi connectivity index (χ1n) is 27.4. The van der Waals surface area contributed by atoms with Gasteiger partial charge in [0.15, 0.2) is 0 Å². The Labute approximate surface area is 456 Å². The van der Waals surface area contributed by atoms with Crippen molar-refractivity contribution in [1.29, 1.82) is 0 Å². The Morgan fingerprint density at radius 1 is 0.231 bits per heavy atom. The lowest BCUT2D eigenvalue weighted by atomic mass is 9.82.